The lowest BCUT2D eigenvalue weighted by Crippen LogP contribution is -2.06. The quantitative estimate of drug-likeness (QED) is 0.802. The van der Waals surface area contributed by atoms with Gasteiger partial charge in [-0.15, -0.1) is 0 Å². The van der Waals surface area contributed by atoms with E-state index in [1.165, 1.54) is 0 Å². The summed E-state index contributed by atoms with van der Waals surface area (Å²) in [6.07, 6.45) is -0.433. The van der Waals surface area contributed by atoms with E-state index in [1.807, 2.05) is 18.2 Å². The third-order valence-electron chi connectivity index (χ3n) is 1.47. The van der Waals surface area contributed by atoms with Gasteiger partial charge in [0.1, 0.15) is 0 Å². The molecule has 0 heterocycles. The average Bonchev–Trinajstić information content (AvgIpc) is 2.15. The number of hydrogen-bond acceptors (Lipinski definition) is 3. The number of aliphatic hydroxyl groups is 1. The van der Waals surface area contributed by atoms with E-state index in [4.69, 9.17) is 5.11 Å². The van der Waals surface area contributed by atoms with E-state index < -0.39 is 6.10 Å². The number of carbonyl (C=O) groups is 1. The van der Waals surface area contributed by atoms with Gasteiger partial charge < -0.3 is 5.11 Å². The van der Waals surface area contributed by atoms with Crippen molar-refractivity contribution in [3.05, 3.63) is 35.9 Å². The van der Waals surface area contributed by atoms with E-state index in [9.17, 15) is 4.79 Å². The van der Waals surface area contributed by atoms with Crippen molar-refractivity contribution in [1.82, 2.24) is 0 Å². The van der Waals surface area contributed by atoms with Crippen molar-refractivity contribution in [3.8, 4) is 0 Å². The van der Waals surface area contributed by atoms with E-state index in [-0.39, 0.29) is 5.12 Å². The Morgan fingerprint density at radius 3 is 2.62 bits per heavy atom. The van der Waals surface area contributed by atoms with Crippen molar-refractivity contribution in [1.29, 1.82) is 0 Å². The maximum atomic E-state index is 11.4. The Labute approximate surface area is 82.0 Å². The molecule has 0 radical (unpaired) electrons. The minimum absolute atomic E-state index is 0.0153. The number of rotatable bonds is 3. The van der Waals surface area contributed by atoms with E-state index in [1.54, 1.807) is 19.1 Å². The molecule has 3 heteroatoms. The van der Waals surface area contributed by atoms with Gasteiger partial charge in [-0.2, -0.15) is 0 Å². The molecule has 0 aliphatic heterocycles. The predicted octanol–water partition coefficient (Wildman–Crippen LogP) is 1.94. The SMILES string of the molecule is CC(O)CSC(=O)c1ccccc1. The summed E-state index contributed by atoms with van der Waals surface area (Å²) in [6, 6.07) is 9.08. The maximum absolute atomic E-state index is 11.4. The van der Waals surface area contributed by atoms with Crippen LogP contribution in [0.4, 0.5) is 0 Å². The van der Waals surface area contributed by atoms with Gasteiger partial charge in [0.15, 0.2) is 0 Å². The van der Waals surface area contributed by atoms with Crippen LogP contribution in [-0.2, 0) is 0 Å². The van der Waals surface area contributed by atoms with Gasteiger partial charge in [-0.05, 0) is 6.92 Å². The first kappa shape index (κ1) is 10.3. The topological polar surface area (TPSA) is 37.3 Å². The fourth-order valence-electron chi connectivity index (χ4n) is 0.854. The molecule has 0 aliphatic carbocycles. The van der Waals surface area contributed by atoms with E-state index in [0.29, 0.717) is 11.3 Å². The van der Waals surface area contributed by atoms with Crippen LogP contribution in [0.15, 0.2) is 30.3 Å². The van der Waals surface area contributed by atoms with Gasteiger partial charge in [-0.3, -0.25) is 4.79 Å². The molecular formula is C10H12O2S. The summed E-state index contributed by atoms with van der Waals surface area (Å²) in [5.74, 6) is 0.452. The van der Waals surface area contributed by atoms with Crippen LogP contribution in [-0.4, -0.2) is 22.1 Å². The highest BCUT2D eigenvalue weighted by atomic mass is 32.2. The lowest BCUT2D eigenvalue weighted by molar-refractivity contribution is 0.108. The van der Waals surface area contributed by atoms with Crippen molar-refractivity contribution >= 4 is 16.9 Å². The maximum Gasteiger partial charge on any atom is 0.219 e. The molecule has 1 rings (SSSR count). The molecule has 1 aromatic rings. The zero-order valence-electron chi connectivity index (χ0n) is 7.43. The summed E-state index contributed by atoms with van der Waals surface area (Å²) in [7, 11) is 0. The molecule has 0 aliphatic rings. The zero-order valence-corrected chi connectivity index (χ0v) is 8.25. The molecule has 70 valence electrons. The molecule has 1 atom stereocenters. The molecular weight excluding hydrogens is 184 g/mol. The average molecular weight is 196 g/mol. The van der Waals surface area contributed by atoms with Crippen LogP contribution < -0.4 is 0 Å². The molecule has 0 fully saturated rings. The Kier molecular flexibility index (Phi) is 3.99. The fraction of sp³-hybridized carbons (Fsp3) is 0.300. The normalized spacial score (nSPS) is 12.5. The van der Waals surface area contributed by atoms with Crippen molar-refractivity contribution < 1.29 is 9.90 Å². The van der Waals surface area contributed by atoms with Crippen LogP contribution in [0.5, 0.6) is 0 Å². The van der Waals surface area contributed by atoms with E-state index in [0.717, 1.165) is 11.8 Å². The third-order valence-corrected chi connectivity index (χ3v) is 2.61. The third kappa shape index (κ3) is 3.61. The Morgan fingerprint density at radius 1 is 1.46 bits per heavy atom. The van der Waals surface area contributed by atoms with Gasteiger partial charge in [0.05, 0.1) is 6.10 Å². The number of hydrogen-bond donors (Lipinski definition) is 1. The van der Waals surface area contributed by atoms with Gasteiger partial charge in [0.2, 0.25) is 5.12 Å². The number of thioether (sulfide) groups is 1. The highest BCUT2D eigenvalue weighted by Gasteiger charge is 2.06. The van der Waals surface area contributed by atoms with Crippen molar-refractivity contribution in [3.63, 3.8) is 0 Å². The van der Waals surface area contributed by atoms with Crippen LogP contribution >= 0.6 is 11.8 Å². The largest absolute Gasteiger partial charge is 0.393 e. The Morgan fingerprint density at radius 2 is 2.08 bits per heavy atom. The number of aliphatic hydroxyl groups excluding tert-OH is 1. The zero-order chi connectivity index (χ0) is 9.68. The van der Waals surface area contributed by atoms with Crippen molar-refractivity contribution in [2.45, 2.75) is 13.0 Å². The van der Waals surface area contributed by atoms with Gasteiger partial charge >= 0.3 is 0 Å². The van der Waals surface area contributed by atoms with Crippen LogP contribution in [0.3, 0.4) is 0 Å². The molecule has 0 aromatic heterocycles. The van der Waals surface area contributed by atoms with Gasteiger partial charge in [-0.25, -0.2) is 0 Å². The summed E-state index contributed by atoms with van der Waals surface area (Å²) >= 11 is 1.15. The second-order valence-corrected chi connectivity index (χ2v) is 3.81. The summed E-state index contributed by atoms with van der Waals surface area (Å²) in [5, 5.41) is 8.99. The summed E-state index contributed by atoms with van der Waals surface area (Å²) < 4.78 is 0. The number of benzene rings is 1. The molecule has 1 unspecified atom stereocenters. The van der Waals surface area contributed by atoms with Gasteiger partial charge in [0.25, 0.3) is 0 Å². The molecule has 0 spiro atoms. The van der Waals surface area contributed by atoms with Crippen molar-refractivity contribution in [2.75, 3.05) is 5.75 Å². The molecule has 1 aromatic carbocycles. The van der Waals surface area contributed by atoms with E-state index in [2.05, 4.69) is 0 Å². The molecule has 13 heavy (non-hydrogen) atoms. The molecule has 1 N–H and O–H groups in total. The minimum Gasteiger partial charge on any atom is -0.393 e. The predicted molar refractivity (Wildman–Crippen MR) is 54.9 cm³/mol. The fourth-order valence-corrected chi connectivity index (χ4v) is 1.55. The minimum atomic E-state index is -0.433. The first-order valence-electron chi connectivity index (χ1n) is 4.10. The van der Waals surface area contributed by atoms with E-state index >= 15 is 0 Å². The standard InChI is InChI=1S/C10H12O2S/c1-8(11)7-13-10(12)9-5-3-2-4-6-9/h2-6,8,11H,7H2,1H3. The second kappa shape index (κ2) is 5.04. The lowest BCUT2D eigenvalue weighted by Gasteiger charge is -2.02. The first-order valence-corrected chi connectivity index (χ1v) is 5.09. The Bertz CT molecular complexity index is 270. The highest BCUT2D eigenvalue weighted by molar-refractivity contribution is 8.14. The molecule has 0 bridgehead atoms. The summed E-state index contributed by atoms with van der Waals surface area (Å²) in [6.45, 7) is 1.67. The highest BCUT2D eigenvalue weighted by Crippen LogP contribution is 2.12. The van der Waals surface area contributed by atoms with Crippen LogP contribution in [0, 0.1) is 0 Å². The van der Waals surface area contributed by atoms with Gasteiger partial charge in [-0.1, -0.05) is 42.1 Å². The second-order valence-electron chi connectivity index (χ2n) is 2.81. The van der Waals surface area contributed by atoms with Crippen LogP contribution in [0.1, 0.15) is 17.3 Å². The Balaban J connectivity index is 2.50. The molecule has 0 saturated carbocycles. The Hall–Kier alpha value is -0.800. The van der Waals surface area contributed by atoms with Crippen LogP contribution in [0.2, 0.25) is 0 Å². The lowest BCUT2D eigenvalue weighted by atomic mass is 10.2. The molecule has 0 saturated heterocycles. The smallest absolute Gasteiger partial charge is 0.219 e. The monoisotopic (exact) mass is 196 g/mol. The van der Waals surface area contributed by atoms with Gasteiger partial charge in [0, 0.05) is 11.3 Å². The first-order chi connectivity index (χ1) is 6.20. The molecule has 0 amide bonds. The number of carbonyl (C=O) groups excluding carboxylic acids is 1. The van der Waals surface area contributed by atoms with Crippen molar-refractivity contribution in [2.24, 2.45) is 0 Å². The van der Waals surface area contributed by atoms with Crippen LogP contribution in [0.25, 0.3) is 0 Å². The summed E-state index contributed by atoms with van der Waals surface area (Å²) in [4.78, 5) is 11.4. The summed E-state index contributed by atoms with van der Waals surface area (Å²) in [5.41, 5.74) is 0.688. The molecule has 2 nitrogen and oxygen atoms in total.